The first kappa shape index (κ1) is 12.3. The van der Waals surface area contributed by atoms with E-state index >= 15 is 0 Å². The van der Waals surface area contributed by atoms with E-state index in [1.54, 1.807) is 0 Å². The molecule has 2 aromatic heterocycles. The van der Waals surface area contributed by atoms with Gasteiger partial charge in [0.2, 0.25) is 0 Å². The Balaban J connectivity index is 1.52. The number of nitrogens with zero attached hydrogens (tertiary/aromatic N) is 4. The SMILES string of the molecule is c1ccc2nc(N3CCC(c4ccn[nH]4)CC3)cnc2c1. The van der Waals surface area contributed by atoms with Crippen molar-refractivity contribution >= 4 is 16.9 Å². The lowest BCUT2D eigenvalue weighted by Crippen LogP contribution is -2.33. The maximum atomic E-state index is 4.73. The molecule has 0 spiro atoms. The highest BCUT2D eigenvalue weighted by molar-refractivity contribution is 5.75. The fourth-order valence-corrected chi connectivity index (χ4v) is 3.01. The second-order valence-corrected chi connectivity index (χ2v) is 5.49. The van der Waals surface area contributed by atoms with Gasteiger partial charge in [0.15, 0.2) is 0 Å². The molecule has 1 saturated heterocycles. The van der Waals surface area contributed by atoms with E-state index in [1.807, 2.05) is 36.7 Å². The molecule has 0 bridgehead atoms. The second-order valence-electron chi connectivity index (χ2n) is 5.49. The maximum Gasteiger partial charge on any atom is 0.147 e. The van der Waals surface area contributed by atoms with Gasteiger partial charge in [0.1, 0.15) is 5.82 Å². The van der Waals surface area contributed by atoms with E-state index in [4.69, 9.17) is 4.98 Å². The summed E-state index contributed by atoms with van der Waals surface area (Å²) in [6, 6.07) is 10.1. The van der Waals surface area contributed by atoms with E-state index in [-0.39, 0.29) is 0 Å². The lowest BCUT2D eigenvalue weighted by atomic mass is 9.94. The first-order valence-electron chi connectivity index (χ1n) is 7.36. The molecule has 1 fully saturated rings. The lowest BCUT2D eigenvalue weighted by Gasteiger charge is -2.32. The van der Waals surface area contributed by atoms with Gasteiger partial charge in [-0.25, -0.2) is 4.98 Å². The molecule has 21 heavy (non-hydrogen) atoms. The number of rotatable bonds is 2. The van der Waals surface area contributed by atoms with Crippen molar-refractivity contribution in [3.8, 4) is 0 Å². The van der Waals surface area contributed by atoms with Gasteiger partial charge >= 0.3 is 0 Å². The first-order valence-corrected chi connectivity index (χ1v) is 7.36. The third kappa shape index (κ3) is 2.35. The Bertz CT molecular complexity index is 729. The van der Waals surface area contributed by atoms with Gasteiger partial charge in [-0.1, -0.05) is 12.1 Å². The molecule has 4 rings (SSSR count). The summed E-state index contributed by atoms with van der Waals surface area (Å²) in [5.74, 6) is 1.56. The van der Waals surface area contributed by atoms with Crippen LogP contribution in [0.5, 0.6) is 0 Å². The highest BCUT2D eigenvalue weighted by Crippen LogP contribution is 2.28. The number of aromatic nitrogens is 4. The molecule has 0 unspecified atom stereocenters. The number of piperidine rings is 1. The van der Waals surface area contributed by atoms with Gasteiger partial charge in [-0.3, -0.25) is 10.1 Å². The Labute approximate surface area is 123 Å². The van der Waals surface area contributed by atoms with Gasteiger partial charge in [0.25, 0.3) is 0 Å². The van der Waals surface area contributed by atoms with Crippen LogP contribution < -0.4 is 4.90 Å². The number of hydrogen-bond donors (Lipinski definition) is 1. The van der Waals surface area contributed by atoms with Crippen molar-refractivity contribution in [2.75, 3.05) is 18.0 Å². The zero-order valence-electron chi connectivity index (χ0n) is 11.7. The van der Waals surface area contributed by atoms with Crippen LogP contribution in [0.25, 0.3) is 11.0 Å². The molecule has 3 aromatic rings. The van der Waals surface area contributed by atoms with Crippen LogP contribution in [-0.4, -0.2) is 33.3 Å². The minimum Gasteiger partial charge on any atom is -0.355 e. The van der Waals surface area contributed by atoms with E-state index in [2.05, 4.69) is 26.1 Å². The molecular weight excluding hydrogens is 262 g/mol. The van der Waals surface area contributed by atoms with Crippen LogP contribution in [0.4, 0.5) is 5.82 Å². The predicted molar refractivity (Wildman–Crippen MR) is 82.3 cm³/mol. The minimum atomic E-state index is 0.581. The van der Waals surface area contributed by atoms with Crippen LogP contribution in [0.1, 0.15) is 24.5 Å². The van der Waals surface area contributed by atoms with Crippen molar-refractivity contribution in [1.82, 2.24) is 20.2 Å². The van der Waals surface area contributed by atoms with Crippen LogP contribution in [0.3, 0.4) is 0 Å². The number of para-hydroxylation sites is 2. The van der Waals surface area contributed by atoms with E-state index in [9.17, 15) is 0 Å². The van der Waals surface area contributed by atoms with Crippen molar-refractivity contribution in [3.63, 3.8) is 0 Å². The summed E-state index contributed by atoms with van der Waals surface area (Å²) in [5.41, 5.74) is 3.17. The molecule has 106 valence electrons. The second kappa shape index (κ2) is 5.16. The molecule has 0 saturated carbocycles. The molecule has 5 nitrogen and oxygen atoms in total. The Morgan fingerprint density at radius 3 is 2.62 bits per heavy atom. The van der Waals surface area contributed by atoms with Gasteiger partial charge in [-0.15, -0.1) is 0 Å². The average Bonchev–Trinajstić information content (AvgIpc) is 3.09. The number of benzene rings is 1. The molecule has 0 radical (unpaired) electrons. The van der Waals surface area contributed by atoms with Crippen LogP contribution in [-0.2, 0) is 0 Å². The Morgan fingerprint density at radius 2 is 1.86 bits per heavy atom. The number of fused-ring (bicyclic) bond motifs is 1. The molecule has 3 heterocycles. The third-order valence-electron chi connectivity index (χ3n) is 4.22. The van der Waals surface area contributed by atoms with Gasteiger partial charge in [-0.2, -0.15) is 5.10 Å². The number of anilines is 1. The first-order chi connectivity index (χ1) is 10.4. The molecule has 1 aliphatic heterocycles. The van der Waals surface area contributed by atoms with Crippen molar-refractivity contribution in [2.24, 2.45) is 0 Å². The highest BCUT2D eigenvalue weighted by Gasteiger charge is 2.22. The zero-order chi connectivity index (χ0) is 14.1. The highest BCUT2D eigenvalue weighted by atomic mass is 15.2. The van der Waals surface area contributed by atoms with Crippen LogP contribution in [0.2, 0.25) is 0 Å². The molecule has 5 heteroatoms. The lowest BCUT2D eigenvalue weighted by molar-refractivity contribution is 0.493. The Hall–Kier alpha value is -2.43. The average molecular weight is 279 g/mol. The number of hydrogen-bond acceptors (Lipinski definition) is 4. The van der Waals surface area contributed by atoms with Crippen molar-refractivity contribution < 1.29 is 0 Å². The number of aromatic amines is 1. The molecule has 1 aromatic carbocycles. The predicted octanol–water partition coefficient (Wildman–Crippen LogP) is 2.74. The molecule has 1 aliphatic rings. The normalized spacial score (nSPS) is 16.5. The Kier molecular flexibility index (Phi) is 3.03. The van der Waals surface area contributed by atoms with E-state index in [0.717, 1.165) is 42.8 Å². The Morgan fingerprint density at radius 1 is 1.05 bits per heavy atom. The summed E-state index contributed by atoms with van der Waals surface area (Å²) in [6.07, 6.45) is 5.96. The van der Waals surface area contributed by atoms with Gasteiger partial charge in [-0.05, 0) is 31.0 Å². The fourth-order valence-electron chi connectivity index (χ4n) is 3.01. The van der Waals surface area contributed by atoms with E-state index in [0.29, 0.717) is 5.92 Å². The van der Waals surface area contributed by atoms with Crippen LogP contribution in [0, 0.1) is 0 Å². The summed E-state index contributed by atoms with van der Waals surface area (Å²) >= 11 is 0. The minimum absolute atomic E-state index is 0.581. The van der Waals surface area contributed by atoms with Crippen LogP contribution >= 0.6 is 0 Å². The van der Waals surface area contributed by atoms with Gasteiger partial charge in [0, 0.05) is 30.9 Å². The fraction of sp³-hybridized carbons (Fsp3) is 0.312. The smallest absolute Gasteiger partial charge is 0.147 e. The monoisotopic (exact) mass is 279 g/mol. The van der Waals surface area contributed by atoms with Gasteiger partial charge < -0.3 is 4.90 Å². The zero-order valence-corrected chi connectivity index (χ0v) is 11.7. The summed E-state index contributed by atoms with van der Waals surface area (Å²) in [5, 5.41) is 7.14. The molecule has 0 aliphatic carbocycles. The summed E-state index contributed by atoms with van der Waals surface area (Å²) < 4.78 is 0. The molecule has 1 N–H and O–H groups in total. The van der Waals surface area contributed by atoms with Crippen molar-refractivity contribution in [2.45, 2.75) is 18.8 Å². The van der Waals surface area contributed by atoms with Crippen LogP contribution in [0.15, 0.2) is 42.7 Å². The summed E-state index contributed by atoms with van der Waals surface area (Å²) in [7, 11) is 0. The van der Waals surface area contributed by atoms with Crippen molar-refractivity contribution in [3.05, 3.63) is 48.4 Å². The largest absolute Gasteiger partial charge is 0.355 e. The van der Waals surface area contributed by atoms with Gasteiger partial charge in [0.05, 0.1) is 17.2 Å². The topological polar surface area (TPSA) is 57.7 Å². The molecular formula is C16H17N5. The quantitative estimate of drug-likeness (QED) is 0.783. The van der Waals surface area contributed by atoms with E-state index in [1.165, 1.54) is 5.69 Å². The number of H-pyrrole nitrogens is 1. The molecule has 0 amide bonds. The van der Waals surface area contributed by atoms with Crippen molar-refractivity contribution in [1.29, 1.82) is 0 Å². The molecule has 0 atom stereocenters. The summed E-state index contributed by atoms with van der Waals surface area (Å²) in [4.78, 5) is 11.6. The number of nitrogens with one attached hydrogen (secondary N) is 1. The van der Waals surface area contributed by atoms with E-state index < -0.39 is 0 Å². The third-order valence-corrected chi connectivity index (χ3v) is 4.22. The summed E-state index contributed by atoms with van der Waals surface area (Å²) in [6.45, 7) is 2.02. The maximum absolute atomic E-state index is 4.73. The standard InChI is InChI=1S/C16H17N5/c1-2-4-15-14(3-1)17-11-16(19-15)21-9-6-12(7-10-21)13-5-8-18-20-13/h1-5,8,11-12H,6-7,9-10H2,(H,18,20).